The van der Waals surface area contributed by atoms with Crippen LogP contribution < -0.4 is 0 Å². The molecule has 0 unspecified atom stereocenters. The molecule has 0 fully saturated rings. The van der Waals surface area contributed by atoms with Crippen molar-refractivity contribution >= 4 is 0 Å². The first-order valence-electron chi connectivity index (χ1n) is 9.55. The maximum atomic E-state index is 14.3. The minimum absolute atomic E-state index is 0.0987. The van der Waals surface area contributed by atoms with Crippen LogP contribution in [0.25, 0.3) is 0 Å². The Hall–Kier alpha value is -3.57. The van der Waals surface area contributed by atoms with Crippen LogP contribution in [-0.2, 0) is 6.42 Å². The molecule has 0 aliphatic heterocycles. The zero-order chi connectivity index (χ0) is 22.5. The lowest BCUT2D eigenvalue weighted by molar-refractivity contribution is 0.573. The molecule has 3 aromatic rings. The summed E-state index contributed by atoms with van der Waals surface area (Å²) in [5.41, 5.74) is 0.135. The summed E-state index contributed by atoms with van der Waals surface area (Å²) in [4.78, 5) is 0. The van der Waals surface area contributed by atoms with Gasteiger partial charge < -0.3 is 0 Å². The molecule has 5 heteroatoms. The minimum atomic E-state index is -0.983. The molecular formula is C26H17F5. The molecule has 0 spiro atoms. The average Bonchev–Trinajstić information content (AvgIpc) is 2.69. The van der Waals surface area contributed by atoms with Crippen molar-refractivity contribution in [1.29, 1.82) is 0 Å². The molecule has 31 heavy (non-hydrogen) atoms. The molecule has 0 saturated carbocycles. The smallest absolute Gasteiger partial charge is 0.143 e. The van der Waals surface area contributed by atoms with Crippen LogP contribution in [0.15, 0.2) is 42.5 Å². The number of hydrogen-bond acceptors (Lipinski definition) is 0. The molecule has 0 radical (unpaired) electrons. The van der Waals surface area contributed by atoms with Crippen molar-refractivity contribution in [1.82, 2.24) is 0 Å². The van der Waals surface area contributed by atoms with E-state index >= 15 is 0 Å². The van der Waals surface area contributed by atoms with Crippen LogP contribution in [0.2, 0.25) is 0 Å². The molecule has 0 aliphatic rings. The van der Waals surface area contributed by atoms with E-state index in [0.29, 0.717) is 17.5 Å². The quantitative estimate of drug-likeness (QED) is 0.328. The molecule has 3 rings (SSSR count). The summed E-state index contributed by atoms with van der Waals surface area (Å²) < 4.78 is 70.5. The van der Waals surface area contributed by atoms with Crippen molar-refractivity contribution in [3.8, 4) is 23.7 Å². The predicted molar refractivity (Wildman–Crippen MR) is 110 cm³/mol. The Bertz CT molecular complexity index is 1220. The first kappa shape index (κ1) is 22.1. The van der Waals surface area contributed by atoms with Gasteiger partial charge in [0.25, 0.3) is 0 Å². The average molecular weight is 424 g/mol. The van der Waals surface area contributed by atoms with E-state index in [9.17, 15) is 22.0 Å². The molecule has 0 N–H and O–H groups in total. The Morgan fingerprint density at radius 1 is 0.613 bits per heavy atom. The fourth-order valence-corrected chi connectivity index (χ4v) is 2.88. The highest BCUT2D eigenvalue weighted by molar-refractivity contribution is 5.50. The van der Waals surface area contributed by atoms with Gasteiger partial charge in [0.2, 0.25) is 0 Å². The van der Waals surface area contributed by atoms with E-state index in [1.807, 2.05) is 6.92 Å². The number of hydrogen-bond donors (Lipinski definition) is 0. The SMILES string of the molecule is CCCc1cc(F)c(C#Cc2cc(F)c(C#Cc3ccc(C)c(F)c3)c(F)c2)c(F)c1. The van der Waals surface area contributed by atoms with Gasteiger partial charge in [-0.2, -0.15) is 0 Å². The molecular weight excluding hydrogens is 407 g/mol. The molecule has 0 nitrogen and oxygen atoms in total. The van der Waals surface area contributed by atoms with Gasteiger partial charge in [-0.1, -0.05) is 43.1 Å². The van der Waals surface area contributed by atoms with Gasteiger partial charge >= 0.3 is 0 Å². The fraction of sp³-hybridized carbons (Fsp3) is 0.154. The minimum Gasteiger partial charge on any atom is -0.207 e. The van der Waals surface area contributed by atoms with Gasteiger partial charge in [0.05, 0.1) is 11.1 Å². The van der Waals surface area contributed by atoms with Crippen LogP contribution >= 0.6 is 0 Å². The summed E-state index contributed by atoms with van der Waals surface area (Å²) in [5.74, 6) is 5.45. The Kier molecular flexibility index (Phi) is 6.78. The largest absolute Gasteiger partial charge is 0.207 e. The van der Waals surface area contributed by atoms with Gasteiger partial charge in [-0.25, -0.2) is 22.0 Å². The van der Waals surface area contributed by atoms with E-state index in [1.165, 1.54) is 30.3 Å². The highest BCUT2D eigenvalue weighted by Crippen LogP contribution is 2.18. The lowest BCUT2D eigenvalue weighted by Crippen LogP contribution is -1.95. The summed E-state index contributed by atoms with van der Waals surface area (Å²) in [6, 6.07) is 8.48. The molecule has 0 aromatic heterocycles. The lowest BCUT2D eigenvalue weighted by atomic mass is 10.1. The molecule has 156 valence electrons. The summed E-state index contributed by atoms with van der Waals surface area (Å²) in [6.45, 7) is 3.47. The van der Waals surface area contributed by atoms with E-state index in [1.54, 1.807) is 6.92 Å². The second kappa shape index (κ2) is 9.49. The van der Waals surface area contributed by atoms with Crippen molar-refractivity contribution in [2.75, 3.05) is 0 Å². The number of aryl methyl sites for hydroxylation is 2. The first-order chi connectivity index (χ1) is 14.8. The Morgan fingerprint density at radius 3 is 1.61 bits per heavy atom. The highest BCUT2D eigenvalue weighted by Gasteiger charge is 2.11. The molecule has 3 aromatic carbocycles. The molecule has 0 atom stereocenters. The van der Waals surface area contributed by atoms with E-state index in [0.717, 1.165) is 18.6 Å². The van der Waals surface area contributed by atoms with Crippen molar-refractivity contribution < 1.29 is 22.0 Å². The second-order valence-electron chi connectivity index (χ2n) is 6.96. The number of halogens is 5. The van der Waals surface area contributed by atoms with Crippen LogP contribution in [0.1, 0.15) is 46.7 Å². The van der Waals surface area contributed by atoms with Crippen LogP contribution in [-0.4, -0.2) is 0 Å². The molecule has 0 aliphatic carbocycles. The number of rotatable bonds is 2. The highest BCUT2D eigenvalue weighted by atomic mass is 19.1. The van der Waals surface area contributed by atoms with Gasteiger partial charge in [0.1, 0.15) is 29.1 Å². The van der Waals surface area contributed by atoms with E-state index in [2.05, 4.69) is 23.7 Å². The molecule has 0 heterocycles. The fourth-order valence-electron chi connectivity index (χ4n) is 2.88. The lowest BCUT2D eigenvalue weighted by Gasteiger charge is -2.03. The maximum Gasteiger partial charge on any atom is 0.143 e. The van der Waals surface area contributed by atoms with Gasteiger partial charge in [0, 0.05) is 11.1 Å². The predicted octanol–water partition coefficient (Wildman–Crippen LogP) is 6.44. The summed E-state index contributed by atoms with van der Waals surface area (Å²) in [5, 5.41) is 0. The number of benzene rings is 3. The topological polar surface area (TPSA) is 0 Å². The van der Waals surface area contributed by atoms with Crippen LogP contribution in [0.3, 0.4) is 0 Å². The standard InChI is InChI=1S/C26H17F5/c1-3-4-18-12-23(28)21(24(29)13-18)10-8-19-14-25(30)20(26(31)15-19)9-7-17-6-5-16(2)22(27)11-17/h5-6,11-15H,3-4H2,1-2H3. The normalized spacial score (nSPS) is 10.2. The third-order valence-corrected chi connectivity index (χ3v) is 4.52. The van der Waals surface area contributed by atoms with Crippen LogP contribution in [0.4, 0.5) is 22.0 Å². The summed E-state index contributed by atoms with van der Waals surface area (Å²) in [6.07, 6.45) is 1.26. The van der Waals surface area contributed by atoms with E-state index in [-0.39, 0.29) is 11.1 Å². The summed E-state index contributed by atoms with van der Waals surface area (Å²) >= 11 is 0. The molecule has 0 bridgehead atoms. The Labute approximate surface area is 177 Å². The Morgan fingerprint density at radius 2 is 1.10 bits per heavy atom. The van der Waals surface area contributed by atoms with Crippen molar-refractivity contribution in [3.63, 3.8) is 0 Å². The Balaban J connectivity index is 1.91. The van der Waals surface area contributed by atoms with Gasteiger partial charge in [-0.05, 0) is 60.9 Å². The monoisotopic (exact) mass is 424 g/mol. The van der Waals surface area contributed by atoms with E-state index < -0.39 is 40.2 Å². The third-order valence-electron chi connectivity index (χ3n) is 4.52. The van der Waals surface area contributed by atoms with Gasteiger partial charge in [-0.15, -0.1) is 0 Å². The first-order valence-corrected chi connectivity index (χ1v) is 9.55. The summed E-state index contributed by atoms with van der Waals surface area (Å²) in [7, 11) is 0. The van der Waals surface area contributed by atoms with Crippen LogP contribution in [0, 0.1) is 59.7 Å². The third kappa shape index (κ3) is 5.32. The molecule has 0 saturated heterocycles. The zero-order valence-corrected chi connectivity index (χ0v) is 16.8. The van der Waals surface area contributed by atoms with Crippen molar-refractivity contribution in [2.24, 2.45) is 0 Å². The maximum absolute atomic E-state index is 14.3. The molecule has 0 amide bonds. The van der Waals surface area contributed by atoms with Gasteiger partial charge in [0.15, 0.2) is 0 Å². The van der Waals surface area contributed by atoms with Crippen molar-refractivity contribution in [3.05, 3.63) is 105 Å². The van der Waals surface area contributed by atoms with Gasteiger partial charge in [-0.3, -0.25) is 0 Å². The zero-order valence-electron chi connectivity index (χ0n) is 16.8. The van der Waals surface area contributed by atoms with E-state index in [4.69, 9.17) is 0 Å². The van der Waals surface area contributed by atoms with Crippen molar-refractivity contribution in [2.45, 2.75) is 26.7 Å². The van der Waals surface area contributed by atoms with Crippen LogP contribution in [0.5, 0.6) is 0 Å². The second-order valence-corrected chi connectivity index (χ2v) is 6.96.